The number of ether oxygens (including phenoxy) is 2. The quantitative estimate of drug-likeness (QED) is 0.524. The molecule has 0 saturated carbocycles. The molecule has 1 saturated heterocycles. The molecular weight excluding hydrogens is 396 g/mol. The van der Waals surface area contributed by atoms with Gasteiger partial charge in [-0.3, -0.25) is 10.1 Å². The van der Waals surface area contributed by atoms with Crippen molar-refractivity contribution in [1.29, 1.82) is 0 Å². The Bertz CT molecular complexity index is 1200. The van der Waals surface area contributed by atoms with E-state index in [0.717, 1.165) is 57.2 Å². The van der Waals surface area contributed by atoms with Crippen molar-refractivity contribution >= 4 is 16.7 Å². The van der Waals surface area contributed by atoms with Crippen molar-refractivity contribution in [3.63, 3.8) is 0 Å². The third-order valence-electron chi connectivity index (χ3n) is 5.62. The van der Waals surface area contributed by atoms with Crippen LogP contribution in [0.2, 0.25) is 0 Å². The summed E-state index contributed by atoms with van der Waals surface area (Å²) in [5.41, 5.74) is 5.04. The summed E-state index contributed by atoms with van der Waals surface area (Å²) in [7, 11) is 1.65. The van der Waals surface area contributed by atoms with Gasteiger partial charge in [-0.15, -0.1) is 0 Å². The SMILES string of the molecule is COCc1noc(C)c1-c1cc(N2CCOCC2C)nc2c(-c3ccn[nH]3)nccc12. The molecule has 0 spiro atoms. The van der Waals surface area contributed by atoms with Crippen LogP contribution in [0.4, 0.5) is 5.82 Å². The van der Waals surface area contributed by atoms with Gasteiger partial charge in [0.25, 0.3) is 0 Å². The Kier molecular flexibility index (Phi) is 5.13. The molecule has 9 heteroatoms. The highest BCUT2D eigenvalue weighted by Crippen LogP contribution is 2.38. The Morgan fingerprint density at radius 1 is 1.29 bits per heavy atom. The molecule has 0 bridgehead atoms. The number of aryl methyl sites for hydroxylation is 1. The molecule has 160 valence electrons. The fourth-order valence-corrected chi connectivity index (χ4v) is 4.14. The van der Waals surface area contributed by atoms with Crippen LogP contribution in [0.5, 0.6) is 0 Å². The minimum atomic E-state index is 0.209. The maximum atomic E-state index is 5.64. The van der Waals surface area contributed by atoms with Gasteiger partial charge in [-0.2, -0.15) is 5.10 Å². The minimum absolute atomic E-state index is 0.209. The zero-order chi connectivity index (χ0) is 21.4. The van der Waals surface area contributed by atoms with E-state index in [4.69, 9.17) is 19.0 Å². The number of nitrogens with zero attached hydrogens (tertiary/aromatic N) is 5. The lowest BCUT2D eigenvalue weighted by atomic mass is 9.98. The van der Waals surface area contributed by atoms with E-state index in [1.54, 1.807) is 19.5 Å². The number of hydrogen-bond acceptors (Lipinski definition) is 8. The Balaban J connectivity index is 1.80. The first-order valence-electron chi connectivity index (χ1n) is 10.3. The van der Waals surface area contributed by atoms with E-state index in [1.165, 1.54) is 0 Å². The highest BCUT2D eigenvalue weighted by molar-refractivity contribution is 6.02. The van der Waals surface area contributed by atoms with Gasteiger partial charge in [-0.05, 0) is 32.0 Å². The van der Waals surface area contributed by atoms with Crippen LogP contribution in [0.15, 0.2) is 35.1 Å². The van der Waals surface area contributed by atoms with Crippen LogP contribution in [0, 0.1) is 6.92 Å². The Morgan fingerprint density at radius 3 is 2.97 bits per heavy atom. The average Bonchev–Trinajstić information content (AvgIpc) is 3.44. The molecular formula is C22H24N6O3. The van der Waals surface area contributed by atoms with Crippen molar-refractivity contribution in [3.05, 3.63) is 42.0 Å². The largest absolute Gasteiger partial charge is 0.378 e. The maximum absolute atomic E-state index is 5.64. The van der Waals surface area contributed by atoms with Gasteiger partial charge in [0, 0.05) is 37.0 Å². The second kappa shape index (κ2) is 8.09. The molecule has 1 fully saturated rings. The zero-order valence-electron chi connectivity index (χ0n) is 17.8. The molecule has 1 N–H and O–H groups in total. The number of fused-ring (bicyclic) bond motifs is 1. The number of pyridine rings is 2. The van der Waals surface area contributed by atoms with Gasteiger partial charge in [-0.1, -0.05) is 5.16 Å². The van der Waals surface area contributed by atoms with Crippen LogP contribution in [-0.4, -0.2) is 58.2 Å². The standard InChI is InChI=1S/C22H24N6O3/c1-13-11-30-9-8-28(13)19-10-16(20-14(2)31-27-18(20)12-29-3)15-4-6-23-22(21(15)25-19)17-5-7-24-26-17/h4-7,10,13H,8-9,11-12H2,1-3H3,(H,24,26). The molecule has 1 unspecified atom stereocenters. The predicted octanol–water partition coefficient (Wildman–Crippen LogP) is 3.35. The van der Waals surface area contributed by atoms with E-state index < -0.39 is 0 Å². The third-order valence-corrected chi connectivity index (χ3v) is 5.62. The fourth-order valence-electron chi connectivity index (χ4n) is 4.14. The Hall–Kier alpha value is -3.30. The van der Waals surface area contributed by atoms with E-state index in [0.29, 0.717) is 19.8 Å². The average molecular weight is 420 g/mol. The van der Waals surface area contributed by atoms with Gasteiger partial charge in [0.1, 0.15) is 28.5 Å². The third kappa shape index (κ3) is 3.45. The molecule has 4 aromatic heterocycles. The molecule has 5 heterocycles. The van der Waals surface area contributed by atoms with E-state index >= 15 is 0 Å². The molecule has 1 aliphatic heterocycles. The van der Waals surface area contributed by atoms with Crippen LogP contribution >= 0.6 is 0 Å². The summed E-state index contributed by atoms with van der Waals surface area (Å²) in [4.78, 5) is 11.9. The number of morpholine rings is 1. The number of nitrogens with one attached hydrogen (secondary N) is 1. The highest BCUT2D eigenvalue weighted by atomic mass is 16.5. The summed E-state index contributed by atoms with van der Waals surface area (Å²) >= 11 is 0. The van der Waals surface area contributed by atoms with Gasteiger partial charge >= 0.3 is 0 Å². The first-order valence-corrected chi connectivity index (χ1v) is 10.3. The smallest absolute Gasteiger partial charge is 0.141 e. The maximum Gasteiger partial charge on any atom is 0.141 e. The molecule has 0 aliphatic carbocycles. The summed E-state index contributed by atoms with van der Waals surface area (Å²) in [6.45, 7) is 6.52. The number of hydrogen-bond donors (Lipinski definition) is 1. The molecule has 0 aromatic carbocycles. The minimum Gasteiger partial charge on any atom is -0.378 e. The number of methoxy groups -OCH3 is 1. The summed E-state index contributed by atoms with van der Waals surface area (Å²) in [5.74, 6) is 1.61. The van der Waals surface area contributed by atoms with E-state index in [9.17, 15) is 0 Å². The van der Waals surface area contributed by atoms with Crippen molar-refractivity contribution in [1.82, 2.24) is 25.3 Å². The van der Waals surface area contributed by atoms with Crippen LogP contribution in [-0.2, 0) is 16.1 Å². The lowest BCUT2D eigenvalue weighted by Gasteiger charge is -2.34. The second-order valence-corrected chi connectivity index (χ2v) is 7.66. The van der Waals surface area contributed by atoms with Gasteiger partial charge in [0.05, 0.1) is 37.1 Å². The first-order chi connectivity index (χ1) is 15.2. The topological polar surface area (TPSA) is 102 Å². The fraction of sp³-hybridized carbons (Fsp3) is 0.364. The number of rotatable bonds is 5. The number of aromatic amines is 1. The molecule has 1 atom stereocenters. The Morgan fingerprint density at radius 2 is 2.19 bits per heavy atom. The zero-order valence-corrected chi connectivity index (χ0v) is 17.8. The van der Waals surface area contributed by atoms with Crippen LogP contribution in [0.1, 0.15) is 18.4 Å². The Labute approximate surface area is 179 Å². The van der Waals surface area contributed by atoms with Crippen LogP contribution in [0.25, 0.3) is 33.4 Å². The normalized spacial score (nSPS) is 16.9. The lowest BCUT2D eigenvalue weighted by molar-refractivity contribution is 0.0986. The molecule has 4 aromatic rings. The molecule has 0 radical (unpaired) electrons. The van der Waals surface area contributed by atoms with Crippen molar-refractivity contribution in [2.24, 2.45) is 0 Å². The predicted molar refractivity (Wildman–Crippen MR) is 116 cm³/mol. The second-order valence-electron chi connectivity index (χ2n) is 7.66. The summed E-state index contributed by atoms with van der Waals surface area (Å²) < 4.78 is 16.6. The first kappa shape index (κ1) is 19.7. The molecule has 0 amide bonds. The number of H-pyrrole nitrogens is 1. The number of anilines is 1. The summed E-state index contributed by atoms with van der Waals surface area (Å²) in [5, 5.41) is 12.3. The molecule has 1 aliphatic rings. The van der Waals surface area contributed by atoms with Crippen LogP contribution < -0.4 is 4.90 Å². The van der Waals surface area contributed by atoms with Crippen molar-refractivity contribution in [3.8, 4) is 22.5 Å². The van der Waals surface area contributed by atoms with Crippen molar-refractivity contribution in [2.45, 2.75) is 26.5 Å². The van der Waals surface area contributed by atoms with Crippen molar-refractivity contribution < 1.29 is 14.0 Å². The summed E-state index contributed by atoms with van der Waals surface area (Å²) in [6.07, 6.45) is 3.51. The van der Waals surface area contributed by atoms with Gasteiger partial charge in [0.15, 0.2) is 0 Å². The molecule has 9 nitrogen and oxygen atoms in total. The molecule has 31 heavy (non-hydrogen) atoms. The van der Waals surface area contributed by atoms with E-state index in [-0.39, 0.29) is 6.04 Å². The van der Waals surface area contributed by atoms with Gasteiger partial charge in [-0.25, -0.2) is 4.98 Å². The van der Waals surface area contributed by atoms with E-state index in [1.807, 2.05) is 19.1 Å². The summed E-state index contributed by atoms with van der Waals surface area (Å²) in [6, 6.07) is 6.20. The van der Waals surface area contributed by atoms with Gasteiger partial charge in [0.2, 0.25) is 0 Å². The number of aromatic nitrogens is 5. The highest BCUT2D eigenvalue weighted by Gasteiger charge is 2.25. The molecule has 5 rings (SSSR count). The van der Waals surface area contributed by atoms with Crippen LogP contribution in [0.3, 0.4) is 0 Å². The van der Waals surface area contributed by atoms with E-state index in [2.05, 4.69) is 38.2 Å². The van der Waals surface area contributed by atoms with Gasteiger partial charge < -0.3 is 18.9 Å². The monoisotopic (exact) mass is 420 g/mol. The lowest BCUT2D eigenvalue weighted by Crippen LogP contribution is -2.44. The van der Waals surface area contributed by atoms with Crippen molar-refractivity contribution in [2.75, 3.05) is 31.8 Å².